The van der Waals surface area contributed by atoms with Gasteiger partial charge in [-0.3, -0.25) is 9.59 Å². The van der Waals surface area contributed by atoms with E-state index in [0.29, 0.717) is 18.6 Å². The molecule has 0 bridgehead atoms. The molecule has 3 atom stereocenters. The van der Waals surface area contributed by atoms with Crippen LogP contribution in [0, 0.1) is 0 Å². The van der Waals surface area contributed by atoms with E-state index < -0.39 is 30.3 Å². The highest BCUT2D eigenvalue weighted by Crippen LogP contribution is 2.15. The lowest BCUT2D eigenvalue weighted by Crippen LogP contribution is -2.63. The minimum absolute atomic E-state index is 0.0555. The van der Waals surface area contributed by atoms with Crippen molar-refractivity contribution in [1.82, 2.24) is 0 Å². The van der Waals surface area contributed by atoms with Crippen molar-refractivity contribution in [2.24, 2.45) is 5.73 Å². The van der Waals surface area contributed by atoms with E-state index in [9.17, 15) is 19.8 Å². The molecule has 0 aliphatic carbocycles. The van der Waals surface area contributed by atoms with Crippen molar-refractivity contribution in [1.29, 1.82) is 0 Å². The highest BCUT2D eigenvalue weighted by Gasteiger charge is 2.44. The maximum absolute atomic E-state index is 11.7. The molecule has 0 aromatic heterocycles. The third-order valence-corrected chi connectivity index (χ3v) is 4.98. The van der Waals surface area contributed by atoms with Gasteiger partial charge in [-0.05, 0) is 32.1 Å². The second kappa shape index (κ2) is 15.6. The van der Waals surface area contributed by atoms with Gasteiger partial charge >= 0.3 is 5.97 Å². The maximum atomic E-state index is 11.7. The Morgan fingerprint density at radius 3 is 2.07 bits per heavy atom. The Kier molecular flexibility index (Phi) is 14.9. The molecule has 0 aromatic rings. The van der Waals surface area contributed by atoms with E-state index >= 15 is 0 Å². The van der Waals surface area contributed by atoms with Gasteiger partial charge in [-0.25, -0.2) is 0 Å². The van der Waals surface area contributed by atoms with E-state index in [1.54, 1.807) is 6.08 Å². The normalized spacial score (nSPS) is 16.0. The quantitative estimate of drug-likeness (QED) is 0.175. The summed E-state index contributed by atoms with van der Waals surface area (Å²) in [6, 6.07) is 0. The lowest BCUT2D eigenvalue weighted by molar-refractivity contribution is -0.155. The Labute approximate surface area is 168 Å². The van der Waals surface area contributed by atoms with Crippen molar-refractivity contribution in [3.05, 3.63) is 12.2 Å². The molecule has 0 spiro atoms. The molecule has 7 heteroatoms. The zero-order chi connectivity index (χ0) is 21.4. The maximum Gasteiger partial charge on any atom is 0.328 e. The van der Waals surface area contributed by atoms with Gasteiger partial charge in [0.25, 0.3) is 0 Å². The number of rotatable bonds is 18. The van der Waals surface area contributed by atoms with Crippen LogP contribution in [0.1, 0.15) is 84.0 Å². The third kappa shape index (κ3) is 10.9. The van der Waals surface area contributed by atoms with Gasteiger partial charge in [0.1, 0.15) is 11.9 Å². The number of allylic oxidation sites excluding steroid dienone is 1. The average molecular weight is 402 g/mol. The van der Waals surface area contributed by atoms with Crippen LogP contribution in [-0.4, -0.2) is 56.5 Å². The molecule has 0 aromatic carbocycles. The molecule has 28 heavy (non-hydrogen) atoms. The van der Waals surface area contributed by atoms with Crippen LogP contribution in [0.25, 0.3) is 0 Å². The van der Waals surface area contributed by atoms with E-state index in [1.807, 2.05) is 6.08 Å². The summed E-state index contributed by atoms with van der Waals surface area (Å²) in [4.78, 5) is 22.7. The van der Waals surface area contributed by atoms with Crippen LogP contribution in [0.15, 0.2) is 12.2 Å². The van der Waals surface area contributed by atoms with Crippen molar-refractivity contribution in [2.45, 2.75) is 102 Å². The number of carboxylic acids is 1. The number of hydrogen-bond donors (Lipinski definition) is 5. The zero-order valence-electron chi connectivity index (χ0n) is 17.2. The molecule has 0 aliphatic heterocycles. The van der Waals surface area contributed by atoms with E-state index in [0.717, 1.165) is 44.9 Å². The van der Waals surface area contributed by atoms with Crippen molar-refractivity contribution < 1.29 is 30.0 Å². The number of carbonyl (C=O) groups is 2. The molecular formula is C21H39NO6. The Morgan fingerprint density at radius 2 is 1.54 bits per heavy atom. The van der Waals surface area contributed by atoms with Gasteiger partial charge in [0.05, 0.1) is 12.7 Å². The van der Waals surface area contributed by atoms with Crippen LogP contribution in [0.2, 0.25) is 0 Å². The van der Waals surface area contributed by atoms with Crippen LogP contribution in [0.5, 0.6) is 0 Å². The first kappa shape index (κ1) is 26.7. The highest BCUT2D eigenvalue weighted by molar-refractivity contribution is 5.79. The molecule has 6 N–H and O–H groups in total. The van der Waals surface area contributed by atoms with Gasteiger partial charge in [0.2, 0.25) is 0 Å². The first-order valence-corrected chi connectivity index (χ1v) is 10.5. The van der Waals surface area contributed by atoms with Gasteiger partial charge in [0, 0.05) is 12.8 Å². The standard InChI is InChI=1S/C21H39NO6/c1-2-3-4-10-13-17(24)14-11-8-6-5-7-9-12-15-18(25)19(26)21(22,16-23)20(27)28/h9,12,18-19,23,25-26H,2-8,10-11,13-16,22H2,1H3,(H,27,28)/b12-9-/t18-,19-,21+/m0/s1. The van der Waals surface area contributed by atoms with Crippen molar-refractivity contribution in [3.63, 3.8) is 0 Å². The Balaban J connectivity index is 3.80. The summed E-state index contributed by atoms with van der Waals surface area (Å²) in [7, 11) is 0. The molecule has 164 valence electrons. The van der Waals surface area contributed by atoms with Crippen molar-refractivity contribution in [3.8, 4) is 0 Å². The number of carboxylic acid groups (broad SMARTS) is 1. The van der Waals surface area contributed by atoms with Gasteiger partial charge in [-0.1, -0.05) is 51.2 Å². The summed E-state index contributed by atoms with van der Waals surface area (Å²) in [6.45, 7) is 1.19. The molecular weight excluding hydrogens is 362 g/mol. The average Bonchev–Trinajstić information content (AvgIpc) is 2.68. The summed E-state index contributed by atoms with van der Waals surface area (Å²) in [6.07, 6.45) is 11.1. The fraction of sp³-hybridized carbons (Fsp3) is 0.810. The number of hydrogen-bond acceptors (Lipinski definition) is 6. The monoisotopic (exact) mass is 401 g/mol. The third-order valence-electron chi connectivity index (χ3n) is 4.98. The number of Topliss-reactive ketones (excluding diaryl/α,β-unsaturated/α-hetero) is 1. The van der Waals surface area contributed by atoms with Crippen LogP contribution in [0.4, 0.5) is 0 Å². The van der Waals surface area contributed by atoms with E-state index in [4.69, 9.17) is 15.9 Å². The molecule has 0 saturated carbocycles. The lowest BCUT2D eigenvalue weighted by atomic mass is 9.89. The van der Waals surface area contributed by atoms with Crippen LogP contribution < -0.4 is 5.73 Å². The van der Waals surface area contributed by atoms with Crippen LogP contribution >= 0.6 is 0 Å². The summed E-state index contributed by atoms with van der Waals surface area (Å²) >= 11 is 0. The van der Waals surface area contributed by atoms with E-state index in [2.05, 4.69) is 6.92 Å². The number of aliphatic hydroxyl groups is 3. The van der Waals surface area contributed by atoms with Gasteiger partial charge < -0.3 is 26.2 Å². The Hall–Kier alpha value is -1.28. The molecule has 0 rings (SSSR count). The number of ketones is 1. The fourth-order valence-electron chi connectivity index (χ4n) is 2.93. The summed E-state index contributed by atoms with van der Waals surface area (Å²) in [5, 5.41) is 37.8. The number of aliphatic hydroxyl groups excluding tert-OH is 3. The topological polar surface area (TPSA) is 141 Å². The SMILES string of the molecule is CCCCCCC(=O)CCCCCC/C=C\C[C@H](O)[C@H](O)[C@](N)(CO)C(=O)O. The van der Waals surface area contributed by atoms with Crippen LogP contribution in [-0.2, 0) is 9.59 Å². The lowest BCUT2D eigenvalue weighted by Gasteiger charge is -2.30. The van der Waals surface area contributed by atoms with Gasteiger partial charge in [-0.15, -0.1) is 0 Å². The Bertz CT molecular complexity index is 468. The molecule has 0 saturated heterocycles. The second-order valence-electron chi connectivity index (χ2n) is 7.53. The fourth-order valence-corrected chi connectivity index (χ4v) is 2.93. The largest absolute Gasteiger partial charge is 0.480 e. The van der Waals surface area contributed by atoms with Gasteiger partial charge in [-0.2, -0.15) is 0 Å². The molecule has 0 heterocycles. The summed E-state index contributed by atoms with van der Waals surface area (Å²) < 4.78 is 0. The minimum Gasteiger partial charge on any atom is -0.480 e. The number of unbranched alkanes of at least 4 members (excludes halogenated alkanes) is 7. The predicted octanol–water partition coefficient (Wildman–Crippen LogP) is 2.31. The predicted molar refractivity (Wildman–Crippen MR) is 109 cm³/mol. The second-order valence-corrected chi connectivity index (χ2v) is 7.53. The van der Waals surface area contributed by atoms with Crippen molar-refractivity contribution in [2.75, 3.05) is 6.61 Å². The summed E-state index contributed by atoms with van der Waals surface area (Å²) in [5.41, 5.74) is 3.16. The minimum atomic E-state index is -2.28. The molecule has 0 amide bonds. The number of aliphatic carboxylic acids is 1. The first-order valence-electron chi connectivity index (χ1n) is 10.5. The molecule has 0 aliphatic rings. The number of nitrogens with two attached hydrogens (primary N) is 1. The molecule has 0 fully saturated rings. The van der Waals surface area contributed by atoms with Crippen molar-refractivity contribution >= 4 is 11.8 Å². The van der Waals surface area contributed by atoms with E-state index in [-0.39, 0.29) is 6.42 Å². The van der Waals surface area contributed by atoms with Gasteiger partial charge in [0.15, 0.2) is 5.54 Å². The van der Waals surface area contributed by atoms with Crippen LogP contribution in [0.3, 0.4) is 0 Å². The molecule has 0 radical (unpaired) electrons. The smallest absolute Gasteiger partial charge is 0.328 e. The van der Waals surface area contributed by atoms with E-state index in [1.165, 1.54) is 12.8 Å². The zero-order valence-corrected chi connectivity index (χ0v) is 17.2. The molecule has 0 unspecified atom stereocenters. The Morgan fingerprint density at radius 1 is 0.964 bits per heavy atom. The number of carbonyl (C=O) groups excluding carboxylic acids is 1. The highest BCUT2D eigenvalue weighted by atomic mass is 16.4. The summed E-state index contributed by atoms with van der Waals surface area (Å²) in [5.74, 6) is -1.20. The molecule has 7 nitrogen and oxygen atoms in total. The first-order chi connectivity index (χ1) is 13.3.